The van der Waals surface area contributed by atoms with Crippen LogP contribution in [0.4, 0.5) is 0 Å². The van der Waals surface area contributed by atoms with E-state index in [4.69, 9.17) is 4.74 Å². The summed E-state index contributed by atoms with van der Waals surface area (Å²) in [6, 6.07) is 5.52. The van der Waals surface area contributed by atoms with Crippen LogP contribution in [0, 0.1) is 0 Å². The first-order valence-corrected chi connectivity index (χ1v) is 11.8. The summed E-state index contributed by atoms with van der Waals surface area (Å²) < 4.78 is 33.0. The van der Waals surface area contributed by atoms with Crippen molar-refractivity contribution in [3.63, 3.8) is 0 Å². The lowest BCUT2D eigenvalue weighted by Crippen LogP contribution is -2.50. The summed E-state index contributed by atoms with van der Waals surface area (Å²) in [5.74, 6) is 1.05. The molecule has 1 atom stereocenters. The van der Waals surface area contributed by atoms with Crippen LogP contribution in [0.5, 0.6) is 5.75 Å². The van der Waals surface area contributed by atoms with E-state index in [2.05, 4.69) is 10.0 Å². The van der Waals surface area contributed by atoms with Gasteiger partial charge in [-0.1, -0.05) is 19.3 Å². The van der Waals surface area contributed by atoms with E-state index in [9.17, 15) is 13.2 Å². The highest BCUT2D eigenvalue weighted by Crippen LogP contribution is 2.19. The summed E-state index contributed by atoms with van der Waals surface area (Å²) in [4.78, 5) is 12.8. The molecular weight excluding hydrogens is 372 g/mol. The number of hydrogen-bond acceptors (Lipinski definition) is 5. The van der Waals surface area contributed by atoms with E-state index >= 15 is 0 Å². The second-order valence-electron chi connectivity index (χ2n) is 6.47. The molecule has 0 radical (unpaired) electrons. The van der Waals surface area contributed by atoms with Crippen molar-refractivity contribution in [2.24, 2.45) is 0 Å². The zero-order chi connectivity index (χ0) is 19.0. The van der Waals surface area contributed by atoms with Gasteiger partial charge in [-0.15, -0.1) is 0 Å². The van der Waals surface area contributed by atoms with Gasteiger partial charge in [0.25, 0.3) is 0 Å². The van der Waals surface area contributed by atoms with Crippen molar-refractivity contribution in [1.82, 2.24) is 10.0 Å². The fourth-order valence-electron chi connectivity index (χ4n) is 3.04. The van der Waals surface area contributed by atoms with Crippen LogP contribution in [0.2, 0.25) is 0 Å². The summed E-state index contributed by atoms with van der Waals surface area (Å²) in [6.07, 6.45) is 7.74. The number of carbonyl (C=O) groups is 1. The Bertz CT molecular complexity index is 671. The standard InChI is InChI=1S/C18H28N2O4S2/c1-24-15-8-10-16(11-9-15)26(22,23)20-17(12-13-25-2)18(21)19-14-6-4-3-5-7-14/h8-11,14,17,20H,3-7,12-13H2,1-2H3,(H,19,21)/t17-/m0/s1. The molecule has 1 amide bonds. The van der Waals surface area contributed by atoms with Crippen molar-refractivity contribution in [3.8, 4) is 5.75 Å². The molecule has 146 valence electrons. The lowest BCUT2D eigenvalue weighted by Gasteiger charge is -2.26. The molecule has 1 aromatic rings. The minimum Gasteiger partial charge on any atom is -0.497 e. The zero-order valence-electron chi connectivity index (χ0n) is 15.4. The molecule has 0 aliphatic heterocycles. The van der Waals surface area contributed by atoms with Crippen LogP contribution in [0.1, 0.15) is 38.5 Å². The largest absolute Gasteiger partial charge is 0.497 e. The van der Waals surface area contributed by atoms with Crippen molar-refractivity contribution in [2.45, 2.75) is 55.5 Å². The molecule has 1 aliphatic rings. The second kappa shape index (κ2) is 10.2. The third kappa shape index (κ3) is 6.17. The number of nitrogens with one attached hydrogen (secondary N) is 2. The Morgan fingerprint density at radius 2 is 1.88 bits per heavy atom. The summed E-state index contributed by atoms with van der Waals surface area (Å²) in [7, 11) is -2.25. The molecule has 2 rings (SSSR count). The Morgan fingerprint density at radius 1 is 1.23 bits per heavy atom. The number of rotatable bonds is 9. The van der Waals surface area contributed by atoms with Crippen LogP contribution in [-0.4, -0.2) is 45.5 Å². The predicted octanol–water partition coefficient (Wildman–Crippen LogP) is 2.54. The van der Waals surface area contributed by atoms with Gasteiger partial charge in [0.15, 0.2) is 0 Å². The van der Waals surface area contributed by atoms with Gasteiger partial charge >= 0.3 is 0 Å². The number of amides is 1. The first-order chi connectivity index (χ1) is 12.5. The number of carbonyl (C=O) groups excluding carboxylic acids is 1. The first kappa shape index (κ1) is 21.1. The molecule has 0 aromatic heterocycles. The summed E-state index contributed by atoms with van der Waals surface area (Å²) in [5, 5.41) is 3.03. The molecule has 1 fully saturated rings. The Balaban J connectivity index is 2.07. The fraction of sp³-hybridized carbons (Fsp3) is 0.611. The molecule has 1 saturated carbocycles. The van der Waals surface area contributed by atoms with E-state index in [-0.39, 0.29) is 16.8 Å². The van der Waals surface area contributed by atoms with Gasteiger partial charge in [0.2, 0.25) is 15.9 Å². The average Bonchev–Trinajstić information content (AvgIpc) is 2.65. The van der Waals surface area contributed by atoms with Gasteiger partial charge in [0.05, 0.1) is 12.0 Å². The van der Waals surface area contributed by atoms with Gasteiger partial charge < -0.3 is 10.1 Å². The minimum absolute atomic E-state index is 0.123. The van der Waals surface area contributed by atoms with Crippen molar-refractivity contribution in [1.29, 1.82) is 0 Å². The maximum atomic E-state index is 12.7. The molecule has 1 aromatic carbocycles. The topological polar surface area (TPSA) is 84.5 Å². The summed E-state index contributed by atoms with van der Waals surface area (Å²) in [6.45, 7) is 0. The normalized spacial score (nSPS) is 16.8. The molecular formula is C18H28N2O4S2. The first-order valence-electron chi connectivity index (χ1n) is 8.92. The monoisotopic (exact) mass is 400 g/mol. The number of hydrogen-bond donors (Lipinski definition) is 2. The maximum absolute atomic E-state index is 12.7. The fourth-order valence-corrected chi connectivity index (χ4v) is 4.74. The highest BCUT2D eigenvalue weighted by Gasteiger charge is 2.27. The number of benzene rings is 1. The smallest absolute Gasteiger partial charge is 0.241 e. The Hall–Kier alpha value is -1.25. The highest BCUT2D eigenvalue weighted by atomic mass is 32.2. The van der Waals surface area contributed by atoms with E-state index in [1.54, 1.807) is 23.9 Å². The molecule has 0 bridgehead atoms. The summed E-state index contributed by atoms with van der Waals surface area (Å²) >= 11 is 1.59. The van der Waals surface area contributed by atoms with Gasteiger partial charge in [-0.3, -0.25) is 4.79 Å². The van der Waals surface area contributed by atoms with Gasteiger partial charge in [0.1, 0.15) is 11.8 Å². The van der Waals surface area contributed by atoms with E-state index in [1.807, 2.05) is 6.26 Å². The highest BCUT2D eigenvalue weighted by molar-refractivity contribution is 7.98. The number of thioether (sulfide) groups is 1. The molecule has 0 saturated heterocycles. The molecule has 0 heterocycles. The third-order valence-corrected chi connectivity index (χ3v) is 6.68. The third-order valence-electron chi connectivity index (χ3n) is 4.55. The molecule has 8 heteroatoms. The van der Waals surface area contributed by atoms with Crippen molar-refractivity contribution in [2.75, 3.05) is 19.1 Å². The van der Waals surface area contributed by atoms with Crippen LogP contribution in [-0.2, 0) is 14.8 Å². The van der Waals surface area contributed by atoms with Gasteiger partial charge in [0, 0.05) is 6.04 Å². The van der Waals surface area contributed by atoms with Gasteiger partial charge in [-0.25, -0.2) is 8.42 Å². The number of ether oxygens (including phenoxy) is 1. The van der Waals surface area contributed by atoms with E-state index in [1.165, 1.54) is 25.7 Å². The minimum atomic E-state index is -3.78. The van der Waals surface area contributed by atoms with E-state index in [0.717, 1.165) is 25.7 Å². The number of sulfonamides is 1. The maximum Gasteiger partial charge on any atom is 0.241 e. The molecule has 6 nitrogen and oxygen atoms in total. The Kier molecular flexibility index (Phi) is 8.24. The van der Waals surface area contributed by atoms with Gasteiger partial charge in [-0.2, -0.15) is 16.5 Å². The quantitative estimate of drug-likeness (QED) is 0.665. The van der Waals surface area contributed by atoms with Crippen LogP contribution < -0.4 is 14.8 Å². The molecule has 2 N–H and O–H groups in total. The lowest BCUT2D eigenvalue weighted by atomic mass is 9.95. The Morgan fingerprint density at radius 3 is 2.46 bits per heavy atom. The lowest BCUT2D eigenvalue weighted by molar-refractivity contribution is -0.123. The van der Waals surface area contributed by atoms with E-state index in [0.29, 0.717) is 17.9 Å². The van der Waals surface area contributed by atoms with E-state index < -0.39 is 16.1 Å². The van der Waals surface area contributed by atoms with Crippen molar-refractivity contribution in [3.05, 3.63) is 24.3 Å². The number of methoxy groups -OCH3 is 1. The Labute approximate surface area is 160 Å². The van der Waals surface area contributed by atoms with Crippen molar-refractivity contribution >= 4 is 27.7 Å². The predicted molar refractivity (Wildman–Crippen MR) is 105 cm³/mol. The molecule has 0 unspecified atom stereocenters. The van der Waals surface area contributed by atoms with Crippen LogP contribution >= 0.6 is 11.8 Å². The summed E-state index contributed by atoms with van der Waals surface area (Å²) in [5.41, 5.74) is 0. The van der Waals surface area contributed by atoms with Crippen molar-refractivity contribution < 1.29 is 17.9 Å². The molecule has 1 aliphatic carbocycles. The molecule has 0 spiro atoms. The van der Waals surface area contributed by atoms with Crippen LogP contribution in [0.25, 0.3) is 0 Å². The molecule has 26 heavy (non-hydrogen) atoms. The van der Waals surface area contributed by atoms with Gasteiger partial charge in [-0.05, 0) is 55.5 Å². The van der Waals surface area contributed by atoms with Crippen LogP contribution in [0.3, 0.4) is 0 Å². The zero-order valence-corrected chi connectivity index (χ0v) is 17.0. The average molecular weight is 401 g/mol. The second-order valence-corrected chi connectivity index (χ2v) is 9.17. The van der Waals surface area contributed by atoms with Crippen LogP contribution in [0.15, 0.2) is 29.2 Å². The SMILES string of the molecule is COc1ccc(S(=O)(=O)N[C@@H](CCSC)C(=O)NC2CCCCC2)cc1.